The van der Waals surface area contributed by atoms with Gasteiger partial charge in [0, 0.05) is 56.8 Å². The lowest BCUT2D eigenvalue weighted by molar-refractivity contribution is -0.137. The van der Waals surface area contributed by atoms with Gasteiger partial charge in [0.1, 0.15) is 5.82 Å². The van der Waals surface area contributed by atoms with E-state index in [2.05, 4.69) is 15.3 Å². The van der Waals surface area contributed by atoms with Gasteiger partial charge in [-0.3, -0.25) is 4.98 Å². The Morgan fingerprint density at radius 1 is 1.10 bits per heavy atom. The van der Waals surface area contributed by atoms with Crippen molar-refractivity contribution < 1.29 is 17.9 Å². The fraction of sp³-hybridized carbons (Fsp3) is 0.524. The first-order valence-electron chi connectivity index (χ1n) is 10.1. The normalized spacial score (nSPS) is 18.8. The Labute approximate surface area is 168 Å². The smallest absolute Gasteiger partial charge is 0.381 e. The van der Waals surface area contributed by atoms with Crippen molar-refractivity contribution in [1.82, 2.24) is 15.3 Å². The van der Waals surface area contributed by atoms with Gasteiger partial charge in [-0.05, 0) is 49.4 Å². The monoisotopic (exact) mass is 406 g/mol. The Kier molecular flexibility index (Phi) is 6.01. The molecule has 2 aromatic rings. The molecule has 0 unspecified atom stereocenters. The lowest BCUT2D eigenvalue weighted by Crippen LogP contribution is -2.44. The van der Waals surface area contributed by atoms with Crippen LogP contribution in [0.5, 0.6) is 0 Å². The molecule has 0 aliphatic carbocycles. The van der Waals surface area contributed by atoms with Crippen molar-refractivity contribution in [3.05, 3.63) is 41.7 Å². The summed E-state index contributed by atoms with van der Waals surface area (Å²) in [4.78, 5) is 10.9. The number of rotatable bonds is 4. The van der Waals surface area contributed by atoms with Crippen LogP contribution < -0.4 is 10.2 Å². The summed E-state index contributed by atoms with van der Waals surface area (Å²) in [6.07, 6.45) is 0.0252. The number of aromatic nitrogens is 2. The van der Waals surface area contributed by atoms with Crippen LogP contribution in [0.15, 0.2) is 30.5 Å². The van der Waals surface area contributed by atoms with Crippen LogP contribution in [0.1, 0.15) is 24.1 Å². The van der Waals surface area contributed by atoms with Crippen molar-refractivity contribution in [1.29, 1.82) is 0 Å². The Morgan fingerprint density at radius 3 is 2.59 bits per heavy atom. The summed E-state index contributed by atoms with van der Waals surface area (Å²) >= 11 is 0. The number of alkyl halides is 3. The topological polar surface area (TPSA) is 50.3 Å². The van der Waals surface area contributed by atoms with Gasteiger partial charge >= 0.3 is 6.18 Å². The maximum absolute atomic E-state index is 13.5. The first-order valence-corrected chi connectivity index (χ1v) is 10.1. The molecule has 1 N–H and O–H groups in total. The summed E-state index contributed by atoms with van der Waals surface area (Å²) in [5.41, 5.74) is 1.23. The minimum absolute atomic E-state index is 0.337. The van der Waals surface area contributed by atoms with E-state index in [0.29, 0.717) is 36.1 Å². The maximum atomic E-state index is 13.5. The van der Waals surface area contributed by atoms with Crippen LogP contribution in [0.3, 0.4) is 0 Å². The van der Waals surface area contributed by atoms with Gasteiger partial charge in [0.05, 0.1) is 11.3 Å². The molecule has 8 heteroatoms. The van der Waals surface area contributed by atoms with Gasteiger partial charge in [-0.1, -0.05) is 0 Å². The summed E-state index contributed by atoms with van der Waals surface area (Å²) in [6, 6.07) is 5.90. The quantitative estimate of drug-likeness (QED) is 0.842. The predicted octanol–water partition coefficient (Wildman–Crippen LogP) is 3.54. The average Bonchev–Trinajstić information content (AvgIpc) is 2.74. The predicted molar refractivity (Wildman–Crippen MR) is 105 cm³/mol. The Balaban J connectivity index is 1.65. The maximum Gasteiger partial charge on any atom is 0.416 e. The fourth-order valence-electron chi connectivity index (χ4n) is 3.88. The van der Waals surface area contributed by atoms with Gasteiger partial charge in [0.25, 0.3) is 0 Å². The van der Waals surface area contributed by atoms with Crippen molar-refractivity contribution in [3.63, 3.8) is 0 Å². The minimum Gasteiger partial charge on any atom is -0.381 e. The molecule has 2 saturated heterocycles. The second-order valence-electron chi connectivity index (χ2n) is 7.63. The van der Waals surface area contributed by atoms with E-state index >= 15 is 0 Å². The first kappa shape index (κ1) is 20.1. The number of ether oxygens (including phenoxy) is 1. The molecule has 29 heavy (non-hydrogen) atoms. The number of halogens is 3. The van der Waals surface area contributed by atoms with E-state index in [1.165, 1.54) is 0 Å². The number of pyridine rings is 2. The summed E-state index contributed by atoms with van der Waals surface area (Å²) in [7, 11) is 0. The third kappa shape index (κ3) is 5.05. The Hall–Kier alpha value is -2.19. The molecule has 0 bridgehead atoms. The highest BCUT2D eigenvalue weighted by atomic mass is 19.4. The lowest BCUT2D eigenvalue weighted by atomic mass is 9.94. The van der Waals surface area contributed by atoms with Crippen molar-refractivity contribution in [2.75, 3.05) is 44.3 Å². The second-order valence-corrected chi connectivity index (χ2v) is 7.63. The van der Waals surface area contributed by atoms with E-state index in [4.69, 9.17) is 4.74 Å². The molecule has 2 fully saturated rings. The van der Waals surface area contributed by atoms with E-state index < -0.39 is 11.7 Å². The first-order chi connectivity index (χ1) is 14.0. The van der Waals surface area contributed by atoms with E-state index in [1.807, 2.05) is 11.0 Å². The number of hydrogen-bond acceptors (Lipinski definition) is 5. The highest BCUT2D eigenvalue weighted by Crippen LogP contribution is 2.34. The van der Waals surface area contributed by atoms with Crippen molar-refractivity contribution in [2.45, 2.75) is 25.4 Å². The van der Waals surface area contributed by atoms with Crippen molar-refractivity contribution >= 4 is 5.82 Å². The van der Waals surface area contributed by atoms with Gasteiger partial charge in [0.15, 0.2) is 0 Å². The number of nitrogens with one attached hydrogen (secondary N) is 1. The molecule has 0 spiro atoms. The molecule has 0 radical (unpaired) electrons. The summed E-state index contributed by atoms with van der Waals surface area (Å²) in [5, 5.41) is 3.21. The van der Waals surface area contributed by atoms with Gasteiger partial charge in [-0.25, -0.2) is 4.98 Å². The number of anilines is 1. The molecule has 2 aliphatic heterocycles. The lowest BCUT2D eigenvalue weighted by Gasteiger charge is -2.29. The molecule has 0 atom stereocenters. The molecule has 2 aromatic heterocycles. The fourth-order valence-corrected chi connectivity index (χ4v) is 3.88. The molecule has 5 nitrogen and oxygen atoms in total. The van der Waals surface area contributed by atoms with Gasteiger partial charge < -0.3 is 15.0 Å². The minimum atomic E-state index is -4.42. The molecule has 0 amide bonds. The van der Waals surface area contributed by atoms with Crippen molar-refractivity contribution in [3.8, 4) is 11.3 Å². The van der Waals surface area contributed by atoms with Crippen LogP contribution in [0, 0.1) is 5.92 Å². The second kappa shape index (κ2) is 8.67. The molecule has 156 valence electrons. The molecule has 4 rings (SSSR count). The van der Waals surface area contributed by atoms with E-state index in [-0.39, 0.29) is 0 Å². The SMILES string of the molecule is FC(F)(F)c1cc(-c2ccnc(CC3CCOCC3)c2)nc(N2CCNCC2)c1. The average molecular weight is 406 g/mol. The van der Waals surface area contributed by atoms with Gasteiger partial charge in [-0.15, -0.1) is 0 Å². The van der Waals surface area contributed by atoms with E-state index in [1.54, 1.807) is 12.3 Å². The van der Waals surface area contributed by atoms with Crippen LogP contribution >= 0.6 is 0 Å². The van der Waals surface area contributed by atoms with Crippen LogP contribution in [0.2, 0.25) is 0 Å². The van der Waals surface area contributed by atoms with E-state index in [9.17, 15) is 13.2 Å². The highest BCUT2D eigenvalue weighted by Gasteiger charge is 2.32. The van der Waals surface area contributed by atoms with Crippen molar-refractivity contribution in [2.24, 2.45) is 5.92 Å². The Morgan fingerprint density at radius 2 is 1.86 bits per heavy atom. The van der Waals surface area contributed by atoms with Gasteiger partial charge in [-0.2, -0.15) is 13.2 Å². The van der Waals surface area contributed by atoms with Crippen LogP contribution in [-0.4, -0.2) is 49.4 Å². The summed E-state index contributed by atoms with van der Waals surface area (Å²) in [5.74, 6) is 0.872. The molecule has 4 heterocycles. The van der Waals surface area contributed by atoms with E-state index in [0.717, 1.165) is 63.4 Å². The molecular weight excluding hydrogens is 381 g/mol. The highest BCUT2D eigenvalue weighted by molar-refractivity contribution is 5.63. The van der Waals surface area contributed by atoms with Crippen LogP contribution in [-0.2, 0) is 17.3 Å². The van der Waals surface area contributed by atoms with Gasteiger partial charge in [0.2, 0.25) is 0 Å². The number of nitrogens with zero attached hydrogens (tertiary/aromatic N) is 3. The van der Waals surface area contributed by atoms with Crippen LogP contribution in [0.4, 0.5) is 19.0 Å². The molecule has 0 aromatic carbocycles. The zero-order valence-electron chi connectivity index (χ0n) is 16.2. The van der Waals surface area contributed by atoms with Crippen LogP contribution in [0.25, 0.3) is 11.3 Å². The summed E-state index contributed by atoms with van der Waals surface area (Å²) < 4.78 is 46.0. The third-order valence-corrected chi connectivity index (χ3v) is 5.53. The number of hydrogen-bond donors (Lipinski definition) is 1. The molecule has 0 saturated carbocycles. The molecular formula is C21H25F3N4O. The standard InChI is InChI=1S/C21H25F3N4O/c22-21(23,24)17-13-19(27-20(14-17)28-7-5-25-6-8-28)16-1-4-26-18(12-16)11-15-2-9-29-10-3-15/h1,4,12-15,25H,2-3,5-11H2. The summed E-state index contributed by atoms with van der Waals surface area (Å²) in [6.45, 7) is 4.26. The Bertz CT molecular complexity index is 831. The molecule has 2 aliphatic rings. The number of piperazine rings is 1. The zero-order valence-corrected chi connectivity index (χ0v) is 16.2. The zero-order chi connectivity index (χ0) is 20.3. The largest absolute Gasteiger partial charge is 0.416 e. The third-order valence-electron chi connectivity index (χ3n) is 5.53.